The third-order valence-electron chi connectivity index (χ3n) is 4.26. The molecule has 2 aromatic heterocycles. The first-order valence-electron chi connectivity index (χ1n) is 8.53. The number of rotatable bonds is 5. The minimum atomic E-state index is -0.304. The van der Waals surface area contributed by atoms with E-state index in [1.807, 2.05) is 36.4 Å². The summed E-state index contributed by atoms with van der Waals surface area (Å²) in [4.78, 5) is 12.7. The van der Waals surface area contributed by atoms with Crippen LogP contribution in [0.2, 0.25) is 5.02 Å². The molecular weight excluding hydrogens is 378 g/mol. The molecule has 0 saturated heterocycles. The van der Waals surface area contributed by atoms with E-state index in [9.17, 15) is 4.79 Å². The van der Waals surface area contributed by atoms with E-state index in [1.165, 1.54) is 10.8 Å². The largest absolute Gasteiger partial charge is 0.496 e. The number of hydrogen-bond acceptors (Lipinski definition) is 5. The minimum Gasteiger partial charge on any atom is -0.496 e. The molecule has 28 heavy (non-hydrogen) atoms. The Bertz CT molecular complexity index is 1140. The summed E-state index contributed by atoms with van der Waals surface area (Å²) in [5.41, 5.74) is 3.24. The number of para-hydroxylation sites is 1. The Balaban J connectivity index is 1.68. The number of halogens is 1. The highest BCUT2D eigenvalue weighted by molar-refractivity contribution is 6.30. The number of nitrogens with one attached hydrogen (secondary N) is 1. The van der Waals surface area contributed by atoms with Gasteiger partial charge in [-0.1, -0.05) is 41.9 Å². The van der Waals surface area contributed by atoms with Crippen LogP contribution in [-0.4, -0.2) is 32.8 Å². The Labute approximate surface area is 165 Å². The predicted octanol–water partition coefficient (Wildman–Crippen LogP) is 3.38. The Morgan fingerprint density at radius 2 is 1.93 bits per heavy atom. The van der Waals surface area contributed by atoms with E-state index in [1.54, 1.807) is 25.3 Å². The van der Waals surface area contributed by atoms with Crippen LogP contribution >= 0.6 is 11.6 Å². The molecule has 0 spiro atoms. The van der Waals surface area contributed by atoms with Crippen LogP contribution in [0.15, 0.2) is 60.9 Å². The minimum absolute atomic E-state index is 0.252. The predicted molar refractivity (Wildman–Crippen MR) is 105 cm³/mol. The maximum Gasteiger partial charge on any atom is 0.272 e. The van der Waals surface area contributed by atoms with Crippen LogP contribution in [0, 0.1) is 0 Å². The van der Waals surface area contributed by atoms with Crippen molar-refractivity contribution >= 4 is 23.2 Å². The molecule has 1 amide bonds. The number of carbonyl (C=O) groups excluding carboxylic acids is 1. The van der Waals surface area contributed by atoms with E-state index < -0.39 is 0 Å². The van der Waals surface area contributed by atoms with Crippen molar-refractivity contribution in [2.24, 2.45) is 0 Å². The zero-order valence-corrected chi connectivity index (χ0v) is 15.7. The summed E-state index contributed by atoms with van der Waals surface area (Å²) in [5, 5.41) is 15.9. The number of fused-ring (bicyclic) bond motifs is 1. The van der Waals surface area contributed by atoms with Gasteiger partial charge in [-0.15, -0.1) is 10.2 Å². The molecule has 0 aliphatic heterocycles. The molecule has 0 radical (unpaired) electrons. The quantitative estimate of drug-likeness (QED) is 0.562. The topological polar surface area (TPSA) is 81.4 Å². The Morgan fingerprint density at radius 1 is 1.14 bits per heavy atom. The van der Waals surface area contributed by atoms with E-state index in [0.29, 0.717) is 28.5 Å². The summed E-state index contributed by atoms with van der Waals surface area (Å²) in [7, 11) is 1.60. The lowest BCUT2D eigenvalue weighted by Crippen LogP contribution is -2.24. The zero-order chi connectivity index (χ0) is 19.5. The second-order valence-electron chi connectivity index (χ2n) is 6.05. The lowest BCUT2D eigenvalue weighted by atomic mass is 10.1. The fourth-order valence-electron chi connectivity index (χ4n) is 2.88. The first kappa shape index (κ1) is 17.9. The molecule has 2 aromatic carbocycles. The number of nitrogens with zero attached hydrogens (tertiary/aromatic N) is 4. The molecule has 0 atom stereocenters. The molecule has 7 nitrogen and oxygen atoms in total. The van der Waals surface area contributed by atoms with Crippen LogP contribution in [0.3, 0.4) is 0 Å². The SMILES string of the molecule is COc1ccccc1-c1cc(C(=O)NCc2ccc(Cl)cc2)nn2cnnc12. The number of hydrogen-bond donors (Lipinski definition) is 1. The van der Waals surface area contributed by atoms with E-state index in [0.717, 1.165) is 11.1 Å². The molecule has 0 bridgehead atoms. The van der Waals surface area contributed by atoms with E-state index >= 15 is 0 Å². The van der Waals surface area contributed by atoms with Crippen molar-refractivity contribution in [2.45, 2.75) is 6.54 Å². The number of benzene rings is 2. The molecule has 4 aromatic rings. The van der Waals surface area contributed by atoms with Crippen LogP contribution in [0.4, 0.5) is 0 Å². The highest BCUT2D eigenvalue weighted by Gasteiger charge is 2.17. The fourth-order valence-corrected chi connectivity index (χ4v) is 3.00. The van der Waals surface area contributed by atoms with E-state index in [-0.39, 0.29) is 11.6 Å². The fraction of sp³-hybridized carbons (Fsp3) is 0.100. The van der Waals surface area contributed by atoms with Crippen LogP contribution in [0.1, 0.15) is 16.1 Å². The number of methoxy groups -OCH3 is 1. The van der Waals surface area contributed by atoms with Crippen LogP contribution in [0.25, 0.3) is 16.8 Å². The second kappa shape index (κ2) is 7.66. The summed E-state index contributed by atoms with van der Waals surface area (Å²) < 4.78 is 6.94. The monoisotopic (exact) mass is 393 g/mol. The second-order valence-corrected chi connectivity index (χ2v) is 6.49. The van der Waals surface area contributed by atoms with Gasteiger partial charge in [-0.2, -0.15) is 9.61 Å². The van der Waals surface area contributed by atoms with Crippen molar-refractivity contribution in [2.75, 3.05) is 7.11 Å². The van der Waals surface area contributed by atoms with Crippen molar-refractivity contribution in [3.63, 3.8) is 0 Å². The van der Waals surface area contributed by atoms with Crippen molar-refractivity contribution < 1.29 is 9.53 Å². The number of carbonyl (C=O) groups is 1. The third-order valence-corrected chi connectivity index (χ3v) is 4.52. The lowest BCUT2D eigenvalue weighted by Gasteiger charge is -2.11. The molecule has 0 unspecified atom stereocenters. The molecule has 2 heterocycles. The van der Waals surface area contributed by atoms with Gasteiger partial charge in [0.25, 0.3) is 5.91 Å². The van der Waals surface area contributed by atoms with Gasteiger partial charge in [-0.3, -0.25) is 4.79 Å². The molecular formula is C20H16ClN5O2. The van der Waals surface area contributed by atoms with E-state index in [4.69, 9.17) is 16.3 Å². The van der Waals surface area contributed by atoms with Gasteiger partial charge < -0.3 is 10.1 Å². The van der Waals surface area contributed by atoms with Crippen molar-refractivity contribution in [1.82, 2.24) is 25.1 Å². The van der Waals surface area contributed by atoms with Crippen LogP contribution in [0.5, 0.6) is 5.75 Å². The number of amides is 1. The standard InChI is InChI=1S/C20H16ClN5O2/c1-28-18-5-3-2-4-15(18)16-10-17(25-26-12-23-24-19(16)26)20(27)22-11-13-6-8-14(21)9-7-13/h2-10,12H,11H2,1H3,(H,22,27). The summed E-state index contributed by atoms with van der Waals surface area (Å²) in [6, 6.07) is 16.5. The molecule has 140 valence electrons. The maximum atomic E-state index is 12.7. The van der Waals surface area contributed by atoms with Crippen molar-refractivity contribution in [1.29, 1.82) is 0 Å². The molecule has 1 N–H and O–H groups in total. The van der Waals surface area contributed by atoms with Gasteiger partial charge in [-0.25, -0.2) is 0 Å². The van der Waals surface area contributed by atoms with Gasteiger partial charge in [-0.05, 0) is 29.8 Å². The Hall–Kier alpha value is -3.45. The molecule has 0 saturated carbocycles. The van der Waals surface area contributed by atoms with Gasteiger partial charge in [0.05, 0.1) is 7.11 Å². The van der Waals surface area contributed by atoms with Gasteiger partial charge >= 0.3 is 0 Å². The third kappa shape index (κ3) is 3.52. The smallest absolute Gasteiger partial charge is 0.272 e. The van der Waals surface area contributed by atoms with Crippen molar-refractivity contribution in [3.05, 3.63) is 77.2 Å². The number of aromatic nitrogens is 4. The van der Waals surface area contributed by atoms with Gasteiger partial charge in [0, 0.05) is 22.7 Å². The van der Waals surface area contributed by atoms with Crippen LogP contribution in [-0.2, 0) is 6.54 Å². The highest BCUT2D eigenvalue weighted by Crippen LogP contribution is 2.32. The normalized spacial score (nSPS) is 10.8. The highest BCUT2D eigenvalue weighted by atomic mass is 35.5. The summed E-state index contributed by atoms with van der Waals surface area (Å²) >= 11 is 5.89. The first-order chi connectivity index (χ1) is 13.7. The van der Waals surface area contributed by atoms with Crippen molar-refractivity contribution in [3.8, 4) is 16.9 Å². The molecule has 0 aliphatic rings. The molecule has 4 rings (SSSR count). The van der Waals surface area contributed by atoms with Gasteiger partial charge in [0.15, 0.2) is 5.65 Å². The Kier molecular flexibility index (Phi) is 4.90. The Morgan fingerprint density at radius 3 is 2.71 bits per heavy atom. The zero-order valence-electron chi connectivity index (χ0n) is 15.0. The summed E-state index contributed by atoms with van der Waals surface area (Å²) in [5.74, 6) is 0.368. The average Bonchev–Trinajstić information content (AvgIpc) is 3.21. The summed E-state index contributed by atoms with van der Waals surface area (Å²) in [6.07, 6.45) is 1.46. The van der Waals surface area contributed by atoms with Gasteiger partial charge in [0.2, 0.25) is 0 Å². The average molecular weight is 394 g/mol. The maximum absolute atomic E-state index is 12.7. The molecule has 0 fully saturated rings. The number of ether oxygens (including phenoxy) is 1. The van der Waals surface area contributed by atoms with Gasteiger partial charge in [0.1, 0.15) is 17.8 Å². The molecule has 0 aliphatic carbocycles. The summed E-state index contributed by atoms with van der Waals surface area (Å²) in [6.45, 7) is 0.363. The van der Waals surface area contributed by atoms with E-state index in [2.05, 4.69) is 20.6 Å². The van der Waals surface area contributed by atoms with Crippen LogP contribution < -0.4 is 10.1 Å². The molecule has 8 heteroatoms. The first-order valence-corrected chi connectivity index (χ1v) is 8.90. The lowest BCUT2D eigenvalue weighted by molar-refractivity contribution is 0.0944.